The summed E-state index contributed by atoms with van der Waals surface area (Å²) in [5, 5.41) is 4.08. The second-order valence-corrected chi connectivity index (χ2v) is 6.40. The SMILES string of the molecule is C=CCNC(=O)CN1CCN(C(=O)c2[nH]c3ccccc3c2Cl)CC1. The zero-order chi connectivity index (χ0) is 17.8. The van der Waals surface area contributed by atoms with Crippen LogP contribution in [0.2, 0.25) is 5.02 Å². The van der Waals surface area contributed by atoms with Gasteiger partial charge in [0.15, 0.2) is 0 Å². The summed E-state index contributed by atoms with van der Waals surface area (Å²) in [5.41, 5.74) is 1.29. The maximum atomic E-state index is 12.8. The molecule has 3 rings (SSSR count). The summed E-state index contributed by atoms with van der Waals surface area (Å²) in [6.07, 6.45) is 1.65. The number of carbonyl (C=O) groups excluding carboxylic acids is 2. The van der Waals surface area contributed by atoms with Gasteiger partial charge in [-0.15, -0.1) is 6.58 Å². The average molecular weight is 361 g/mol. The molecule has 0 bridgehead atoms. The summed E-state index contributed by atoms with van der Waals surface area (Å²) < 4.78 is 0. The first-order valence-electron chi connectivity index (χ1n) is 8.25. The molecule has 1 aromatic heterocycles. The van der Waals surface area contributed by atoms with Gasteiger partial charge < -0.3 is 15.2 Å². The van der Waals surface area contributed by atoms with Crippen molar-refractivity contribution in [3.63, 3.8) is 0 Å². The van der Waals surface area contributed by atoms with Crippen LogP contribution in [-0.4, -0.2) is 65.9 Å². The van der Waals surface area contributed by atoms with Crippen LogP contribution in [0.4, 0.5) is 0 Å². The number of halogens is 1. The molecule has 132 valence electrons. The van der Waals surface area contributed by atoms with Crippen LogP contribution in [0, 0.1) is 0 Å². The molecule has 1 saturated heterocycles. The van der Waals surface area contributed by atoms with Gasteiger partial charge in [0.25, 0.3) is 5.91 Å². The molecule has 1 aromatic carbocycles. The number of piperazine rings is 1. The Bertz CT molecular complexity index is 793. The molecule has 1 fully saturated rings. The van der Waals surface area contributed by atoms with Gasteiger partial charge in [-0.3, -0.25) is 14.5 Å². The predicted molar refractivity (Wildman–Crippen MR) is 98.9 cm³/mol. The Morgan fingerprint density at radius 2 is 1.96 bits per heavy atom. The number of carbonyl (C=O) groups is 2. The number of aromatic nitrogens is 1. The van der Waals surface area contributed by atoms with E-state index in [0.29, 0.717) is 50.0 Å². The third-order valence-corrected chi connectivity index (χ3v) is 4.72. The van der Waals surface area contributed by atoms with Crippen molar-refractivity contribution in [3.8, 4) is 0 Å². The topological polar surface area (TPSA) is 68.4 Å². The maximum Gasteiger partial charge on any atom is 0.271 e. The average Bonchev–Trinajstić information content (AvgIpc) is 2.97. The van der Waals surface area contributed by atoms with Crippen molar-refractivity contribution >= 4 is 34.3 Å². The lowest BCUT2D eigenvalue weighted by molar-refractivity contribution is -0.122. The molecule has 6 nitrogen and oxygen atoms in total. The number of nitrogens with one attached hydrogen (secondary N) is 2. The smallest absolute Gasteiger partial charge is 0.271 e. The van der Waals surface area contributed by atoms with Gasteiger partial charge in [0.05, 0.1) is 11.6 Å². The summed E-state index contributed by atoms with van der Waals surface area (Å²) in [7, 11) is 0. The summed E-state index contributed by atoms with van der Waals surface area (Å²) >= 11 is 6.37. The Morgan fingerprint density at radius 3 is 2.64 bits per heavy atom. The number of rotatable bonds is 5. The van der Waals surface area contributed by atoms with Crippen molar-refractivity contribution in [2.24, 2.45) is 0 Å². The van der Waals surface area contributed by atoms with Gasteiger partial charge in [-0.05, 0) is 6.07 Å². The first-order chi connectivity index (χ1) is 12.1. The second kappa shape index (κ2) is 7.72. The summed E-state index contributed by atoms with van der Waals surface area (Å²) in [6, 6.07) is 7.59. The van der Waals surface area contributed by atoms with Gasteiger partial charge in [0, 0.05) is 43.6 Å². The molecular formula is C18H21ClN4O2. The van der Waals surface area contributed by atoms with Crippen molar-refractivity contribution in [2.75, 3.05) is 39.3 Å². The van der Waals surface area contributed by atoms with Crippen LogP contribution in [-0.2, 0) is 4.79 Å². The third-order valence-electron chi connectivity index (χ3n) is 4.33. The molecule has 0 spiro atoms. The Hall–Kier alpha value is -2.31. The lowest BCUT2D eigenvalue weighted by Gasteiger charge is -2.34. The largest absolute Gasteiger partial charge is 0.352 e. The quantitative estimate of drug-likeness (QED) is 0.800. The van der Waals surface area contributed by atoms with Gasteiger partial charge >= 0.3 is 0 Å². The van der Waals surface area contributed by atoms with Crippen LogP contribution in [0.5, 0.6) is 0 Å². The Morgan fingerprint density at radius 1 is 1.24 bits per heavy atom. The van der Waals surface area contributed by atoms with E-state index in [4.69, 9.17) is 11.6 Å². The van der Waals surface area contributed by atoms with E-state index < -0.39 is 0 Å². The van der Waals surface area contributed by atoms with Crippen LogP contribution in [0.15, 0.2) is 36.9 Å². The molecule has 1 aliphatic rings. The molecule has 25 heavy (non-hydrogen) atoms. The molecule has 0 atom stereocenters. The lowest BCUT2D eigenvalue weighted by Crippen LogP contribution is -2.51. The molecular weight excluding hydrogens is 340 g/mol. The van der Waals surface area contributed by atoms with Crippen LogP contribution < -0.4 is 5.32 Å². The third kappa shape index (κ3) is 3.86. The zero-order valence-electron chi connectivity index (χ0n) is 13.9. The summed E-state index contributed by atoms with van der Waals surface area (Å²) in [5.74, 6) is -0.129. The Labute approximate surface area is 151 Å². The van der Waals surface area contributed by atoms with Gasteiger partial charge in [-0.25, -0.2) is 0 Å². The number of amides is 2. The van der Waals surface area contributed by atoms with E-state index >= 15 is 0 Å². The minimum absolute atomic E-state index is 0.0293. The lowest BCUT2D eigenvalue weighted by atomic mass is 10.2. The number of nitrogens with zero attached hydrogens (tertiary/aromatic N) is 2. The highest BCUT2D eigenvalue weighted by molar-refractivity contribution is 6.38. The van der Waals surface area contributed by atoms with Crippen molar-refractivity contribution in [1.29, 1.82) is 0 Å². The number of hydrogen-bond acceptors (Lipinski definition) is 3. The predicted octanol–water partition coefficient (Wildman–Crippen LogP) is 1.88. The van der Waals surface area contributed by atoms with E-state index in [1.54, 1.807) is 11.0 Å². The highest BCUT2D eigenvalue weighted by atomic mass is 35.5. The van der Waals surface area contributed by atoms with E-state index in [1.165, 1.54) is 0 Å². The Balaban J connectivity index is 1.60. The second-order valence-electron chi connectivity index (χ2n) is 6.02. The first kappa shape index (κ1) is 17.5. The molecule has 2 aromatic rings. The molecule has 0 aliphatic carbocycles. The van der Waals surface area contributed by atoms with Gasteiger partial charge in [0.1, 0.15) is 5.69 Å². The zero-order valence-corrected chi connectivity index (χ0v) is 14.7. The fourth-order valence-electron chi connectivity index (χ4n) is 2.97. The summed E-state index contributed by atoms with van der Waals surface area (Å²) in [6.45, 7) is 6.83. The molecule has 7 heteroatoms. The van der Waals surface area contributed by atoms with E-state index in [-0.39, 0.29) is 11.8 Å². The highest BCUT2D eigenvalue weighted by Crippen LogP contribution is 2.28. The van der Waals surface area contributed by atoms with E-state index in [1.807, 2.05) is 29.2 Å². The number of H-pyrrole nitrogens is 1. The van der Waals surface area contributed by atoms with E-state index in [0.717, 1.165) is 10.9 Å². The molecule has 0 saturated carbocycles. The molecule has 2 N–H and O–H groups in total. The standard InChI is InChI=1S/C18H21ClN4O2/c1-2-7-20-15(24)12-22-8-10-23(11-9-22)18(25)17-16(19)13-5-3-4-6-14(13)21-17/h2-6,21H,1,7-12H2,(H,20,24). The number of para-hydroxylation sites is 1. The van der Waals surface area contributed by atoms with Gasteiger partial charge in [-0.2, -0.15) is 0 Å². The highest BCUT2D eigenvalue weighted by Gasteiger charge is 2.26. The number of benzene rings is 1. The normalized spacial score (nSPS) is 15.3. The van der Waals surface area contributed by atoms with E-state index in [9.17, 15) is 9.59 Å². The van der Waals surface area contributed by atoms with Crippen LogP contribution in [0.3, 0.4) is 0 Å². The monoisotopic (exact) mass is 360 g/mol. The maximum absolute atomic E-state index is 12.8. The molecule has 0 unspecified atom stereocenters. The van der Waals surface area contributed by atoms with Gasteiger partial charge in [0.2, 0.25) is 5.91 Å². The fraction of sp³-hybridized carbons (Fsp3) is 0.333. The van der Waals surface area contributed by atoms with Crippen molar-refractivity contribution < 1.29 is 9.59 Å². The Kier molecular flexibility index (Phi) is 5.40. The molecule has 0 radical (unpaired) electrons. The molecule has 2 amide bonds. The molecule has 1 aliphatic heterocycles. The number of hydrogen-bond donors (Lipinski definition) is 2. The fourth-order valence-corrected chi connectivity index (χ4v) is 3.26. The van der Waals surface area contributed by atoms with Crippen LogP contribution >= 0.6 is 11.6 Å². The van der Waals surface area contributed by atoms with E-state index in [2.05, 4.69) is 16.9 Å². The van der Waals surface area contributed by atoms with Gasteiger partial charge in [-0.1, -0.05) is 35.9 Å². The number of aromatic amines is 1. The molecule has 2 heterocycles. The van der Waals surface area contributed by atoms with Crippen LogP contribution in [0.1, 0.15) is 10.5 Å². The minimum Gasteiger partial charge on any atom is -0.352 e. The number of fused-ring (bicyclic) bond motifs is 1. The van der Waals surface area contributed by atoms with Crippen molar-refractivity contribution in [1.82, 2.24) is 20.1 Å². The van der Waals surface area contributed by atoms with Crippen LogP contribution in [0.25, 0.3) is 10.9 Å². The minimum atomic E-state index is -0.100. The first-order valence-corrected chi connectivity index (χ1v) is 8.63. The van der Waals surface area contributed by atoms with Crippen molar-refractivity contribution in [3.05, 3.63) is 47.6 Å². The van der Waals surface area contributed by atoms with Crippen molar-refractivity contribution in [2.45, 2.75) is 0 Å². The summed E-state index contributed by atoms with van der Waals surface area (Å²) in [4.78, 5) is 31.4.